The zero-order valence-corrected chi connectivity index (χ0v) is 20.5. The lowest BCUT2D eigenvalue weighted by molar-refractivity contribution is -0.114. The van der Waals surface area contributed by atoms with Crippen LogP contribution in [0.3, 0.4) is 0 Å². The van der Waals surface area contributed by atoms with Crippen molar-refractivity contribution in [2.24, 2.45) is 12.0 Å². The van der Waals surface area contributed by atoms with Crippen LogP contribution in [0.15, 0.2) is 35.5 Å². The Kier molecular flexibility index (Phi) is 10.1. The maximum atomic E-state index is 11.3. The molecule has 0 aliphatic heterocycles. The van der Waals surface area contributed by atoms with E-state index in [9.17, 15) is 4.79 Å². The summed E-state index contributed by atoms with van der Waals surface area (Å²) in [5.41, 5.74) is 4.15. The molecule has 0 aliphatic rings. The van der Waals surface area contributed by atoms with Crippen molar-refractivity contribution >= 4 is 41.5 Å². The third-order valence-electron chi connectivity index (χ3n) is 4.25. The molecule has 0 saturated heterocycles. The summed E-state index contributed by atoms with van der Waals surface area (Å²) in [7, 11) is 3.99. The van der Waals surface area contributed by atoms with Gasteiger partial charge in [0, 0.05) is 51.6 Å². The van der Waals surface area contributed by atoms with Crippen molar-refractivity contribution in [1.82, 2.24) is 20.0 Å². The lowest BCUT2D eigenvalue weighted by Crippen LogP contribution is -2.38. The molecule has 160 valence electrons. The van der Waals surface area contributed by atoms with Gasteiger partial charge in [0.05, 0.1) is 12.2 Å². The van der Waals surface area contributed by atoms with Crippen molar-refractivity contribution in [3.8, 4) is 0 Å². The molecule has 0 spiro atoms. The monoisotopic (exact) mass is 512 g/mol. The number of carbonyl (C=O) groups is 1. The van der Waals surface area contributed by atoms with Crippen LogP contribution in [0, 0.1) is 0 Å². The van der Waals surface area contributed by atoms with Crippen molar-refractivity contribution in [2.45, 2.75) is 46.7 Å². The Morgan fingerprint density at radius 3 is 2.69 bits per heavy atom. The molecule has 2 aromatic rings. The van der Waals surface area contributed by atoms with Crippen LogP contribution in [0.1, 0.15) is 50.4 Å². The van der Waals surface area contributed by atoms with Crippen molar-refractivity contribution in [1.29, 1.82) is 0 Å². The van der Waals surface area contributed by atoms with Crippen LogP contribution < -0.4 is 10.6 Å². The van der Waals surface area contributed by atoms with Gasteiger partial charge in [-0.3, -0.25) is 9.48 Å². The Labute approximate surface area is 191 Å². The molecular formula is C21H33IN6O. The molecule has 0 radical (unpaired) electrons. The summed E-state index contributed by atoms with van der Waals surface area (Å²) < 4.78 is 1.87. The molecule has 2 rings (SSSR count). The molecule has 2 N–H and O–H groups in total. The average molecular weight is 512 g/mol. The number of aliphatic imine (C=N–C) groups is 1. The number of benzene rings is 1. The lowest BCUT2D eigenvalue weighted by Gasteiger charge is -2.22. The molecule has 0 fully saturated rings. The second kappa shape index (κ2) is 11.8. The minimum Gasteiger partial charge on any atom is -0.357 e. The third kappa shape index (κ3) is 7.68. The topological polar surface area (TPSA) is 74.6 Å². The van der Waals surface area contributed by atoms with Crippen molar-refractivity contribution in [3.63, 3.8) is 0 Å². The molecule has 29 heavy (non-hydrogen) atoms. The van der Waals surface area contributed by atoms with E-state index in [1.165, 1.54) is 12.5 Å². The number of rotatable bonds is 7. The second-order valence-electron chi connectivity index (χ2n) is 7.28. The highest BCUT2D eigenvalue weighted by Gasteiger charge is 2.15. The predicted octanol–water partition coefficient (Wildman–Crippen LogP) is 3.72. The summed E-state index contributed by atoms with van der Waals surface area (Å²) >= 11 is 0. The van der Waals surface area contributed by atoms with Gasteiger partial charge in [-0.15, -0.1) is 24.0 Å². The van der Waals surface area contributed by atoms with Gasteiger partial charge in [0.2, 0.25) is 5.91 Å². The van der Waals surface area contributed by atoms with Gasteiger partial charge >= 0.3 is 0 Å². The van der Waals surface area contributed by atoms with E-state index in [0.29, 0.717) is 12.5 Å². The third-order valence-corrected chi connectivity index (χ3v) is 4.25. The summed E-state index contributed by atoms with van der Waals surface area (Å²) in [4.78, 5) is 18.1. The van der Waals surface area contributed by atoms with Crippen LogP contribution in [0.25, 0.3) is 0 Å². The Morgan fingerprint density at radius 1 is 1.34 bits per heavy atom. The SMILES string of the molecule is CCNC(=NCc1cccc(NC(C)=O)c1)N(C)Cc1cn(C)nc1C(C)C.I. The van der Waals surface area contributed by atoms with E-state index in [-0.39, 0.29) is 29.9 Å². The average Bonchev–Trinajstić information content (AvgIpc) is 2.98. The van der Waals surface area contributed by atoms with Gasteiger partial charge < -0.3 is 15.5 Å². The van der Waals surface area contributed by atoms with E-state index >= 15 is 0 Å². The number of nitrogens with zero attached hydrogens (tertiary/aromatic N) is 4. The van der Waals surface area contributed by atoms with Gasteiger partial charge in [0.15, 0.2) is 5.96 Å². The highest BCUT2D eigenvalue weighted by Crippen LogP contribution is 2.19. The van der Waals surface area contributed by atoms with Gasteiger partial charge in [-0.05, 0) is 30.5 Å². The van der Waals surface area contributed by atoms with E-state index in [0.717, 1.165) is 36.0 Å². The largest absolute Gasteiger partial charge is 0.357 e. The molecule has 8 heteroatoms. The zero-order chi connectivity index (χ0) is 20.7. The molecule has 0 saturated carbocycles. The van der Waals surface area contributed by atoms with Crippen LogP contribution in [-0.4, -0.2) is 40.1 Å². The number of nitrogens with one attached hydrogen (secondary N) is 2. The van der Waals surface area contributed by atoms with Gasteiger partial charge in [-0.25, -0.2) is 4.99 Å². The molecule has 0 unspecified atom stereocenters. The molecule has 1 heterocycles. The van der Waals surface area contributed by atoms with Crippen LogP contribution in [-0.2, 0) is 24.9 Å². The number of aryl methyl sites for hydroxylation is 1. The first-order valence-electron chi connectivity index (χ1n) is 9.68. The number of hydrogen-bond donors (Lipinski definition) is 2. The molecule has 1 amide bonds. The van der Waals surface area contributed by atoms with Gasteiger partial charge in [-0.1, -0.05) is 26.0 Å². The Balaban J connectivity index is 0.00000420. The molecule has 0 atom stereocenters. The summed E-state index contributed by atoms with van der Waals surface area (Å²) in [6, 6.07) is 7.77. The Hall–Kier alpha value is -2.10. The van der Waals surface area contributed by atoms with Gasteiger partial charge in [0.25, 0.3) is 0 Å². The van der Waals surface area contributed by atoms with Gasteiger partial charge in [0.1, 0.15) is 0 Å². The smallest absolute Gasteiger partial charge is 0.221 e. The first kappa shape index (κ1) is 24.9. The first-order chi connectivity index (χ1) is 13.3. The number of aromatic nitrogens is 2. The maximum absolute atomic E-state index is 11.3. The molecule has 0 bridgehead atoms. The molecular weight excluding hydrogens is 479 g/mol. The molecule has 7 nitrogen and oxygen atoms in total. The standard InChI is InChI=1S/C21H32N6O.HI/c1-7-22-21(23-12-17-9-8-10-19(11-17)24-16(4)28)26(5)13-18-14-27(6)25-20(18)15(2)3;/h8-11,14-15H,7,12-13H2,1-6H3,(H,22,23)(H,24,28);1H. The quantitative estimate of drug-likeness (QED) is 0.337. The highest BCUT2D eigenvalue weighted by atomic mass is 127. The number of guanidine groups is 1. The fourth-order valence-corrected chi connectivity index (χ4v) is 3.08. The number of carbonyl (C=O) groups excluding carboxylic acids is 1. The van der Waals surface area contributed by atoms with E-state index < -0.39 is 0 Å². The second-order valence-corrected chi connectivity index (χ2v) is 7.28. The predicted molar refractivity (Wildman–Crippen MR) is 130 cm³/mol. The zero-order valence-electron chi connectivity index (χ0n) is 18.2. The van der Waals surface area contributed by atoms with Crippen molar-refractivity contribution in [3.05, 3.63) is 47.3 Å². The Morgan fingerprint density at radius 2 is 2.07 bits per heavy atom. The van der Waals surface area contributed by atoms with E-state index in [2.05, 4.69) is 47.6 Å². The first-order valence-corrected chi connectivity index (χ1v) is 9.68. The minimum atomic E-state index is -0.0776. The summed E-state index contributed by atoms with van der Waals surface area (Å²) in [6.07, 6.45) is 2.08. The van der Waals surface area contributed by atoms with Crippen molar-refractivity contribution in [2.75, 3.05) is 18.9 Å². The summed E-state index contributed by atoms with van der Waals surface area (Å²) in [5, 5.41) is 10.8. The summed E-state index contributed by atoms with van der Waals surface area (Å²) in [6.45, 7) is 9.94. The molecule has 1 aromatic heterocycles. The fourth-order valence-electron chi connectivity index (χ4n) is 3.08. The van der Waals surface area contributed by atoms with Gasteiger partial charge in [-0.2, -0.15) is 5.10 Å². The molecule has 1 aromatic carbocycles. The Bertz CT molecular complexity index is 830. The fraction of sp³-hybridized carbons (Fsp3) is 0.476. The van der Waals surface area contributed by atoms with Crippen LogP contribution >= 0.6 is 24.0 Å². The van der Waals surface area contributed by atoms with Crippen LogP contribution in [0.2, 0.25) is 0 Å². The number of halogens is 1. The van der Waals surface area contributed by atoms with Crippen molar-refractivity contribution < 1.29 is 4.79 Å². The number of amides is 1. The molecule has 0 aliphatic carbocycles. The highest BCUT2D eigenvalue weighted by molar-refractivity contribution is 14.0. The number of hydrogen-bond acceptors (Lipinski definition) is 3. The maximum Gasteiger partial charge on any atom is 0.221 e. The van der Waals surface area contributed by atoms with E-state index in [4.69, 9.17) is 4.99 Å². The lowest BCUT2D eigenvalue weighted by atomic mass is 10.1. The summed E-state index contributed by atoms with van der Waals surface area (Å²) in [5.74, 6) is 1.14. The van der Waals surface area contributed by atoms with Crippen LogP contribution in [0.5, 0.6) is 0 Å². The van der Waals surface area contributed by atoms with E-state index in [1.54, 1.807) is 0 Å². The van der Waals surface area contributed by atoms with E-state index in [1.807, 2.05) is 43.0 Å². The normalized spacial score (nSPS) is 11.2. The minimum absolute atomic E-state index is 0. The van der Waals surface area contributed by atoms with Crippen LogP contribution in [0.4, 0.5) is 5.69 Å². The number of anilines is 1.